The van der Waals surface area contributed by atoms with Gasteiger partial charge in [-0.05, 0) is 37.1 Å². The van der Waals surface area contributed by atoms with Crippen molar-refractivity contribution in [2.75, 3.05) is 22.7 Å². The molecule has 3 rings (SSSR count). The minimum atomic E-state index is -4.25. The number of aromatic nitrogens is 1. The SMILES string of the molecule is O=S(=O)(Nc1cccnc1N1CCCC1)c1cccc(F)c1F. The van der Waals surface area contributed by atoms with Crippen LogP contribution in [0.5, 0.6) is 0 Å². The standard InChI is InChI=1S/C15H15F2N3O2S/c16-11-5-3-7-13(14(11)17)23(21,22)19-12-6-4-8-18-15(12)20-9-1-2-10-20/h3-8,19H,1-2,9-10H2. The van der Waals surface area contributed by atoms with Gasteiger partial charge in [-0.3, -0.25) is 4.72 Å². The number of hydrogen-bond donors (Lipinski definition) is 1. The second-order valence-electron chi connectivity index (χ2n) is 5.23. The van der Waals surface area contributed by atoms with Crippen LogP contribution in [-0.2, 0) is 10.0 Å². The lowest BCUT2D eigenvalue weighted by atomic mass is 10.3. The molecule has 1 saturated heterocycles. The lowest BCUT2D eigenvalue weighted by Crippen LogP contribution is -2.23. The fourth-order valence-electron chi connectivity index (χ4n) is 2.55. The third kappa shape index (κ3) is 3.12. The van der Waals surface area contributed by atoms with Gasteiger partial charge in [-0.25, -0.2) is 22.2 Å². The summed E-state index contributed by atoms with van der Waals surface area (Å²) in [5, 5.41) is 0. The smallest absolute Gasteiger partial charge is 0.265 e. The quantitative estimate of drug-likeness (QED) is 0.930. The molecular weight excluding hydrogens is 324 g/mol. The molecule has 1 aliphatic rings. The number of hydrogen-bond acceptors (Lipinski definition) is 4. The summed E-state index contributed by atoms with van der Waals surface area (Å²) >= 11 is 0. The molecule has 1 aromatic carbocycles. The number of anilines is 2. The molecular formula is C15H15F2N3O2S. The Balaban J connectivity index is 1.97. The molecule has 0 unspecified atom stereocenters. The highest BCUT2D eigenvalue weighted by Crippen LogP contribution is 2.29. The molecule has 1 N–H and O–H groups in total. The van der Waals surface area contributed by atoms with Crippen molar-refractivity contribution in [1.29, 1.82) is 0 Å². The van der Waals surface area contributed by atoms with Gasteiger partial charge in [-0.15, -0.1) is 0 Å². The van der Waals surface area contributed by atoms with Crippen molar-refractivity contribution >= 4 is 21.5 Å². The second-order valence-corrected chi connectivity index (χ2v) is 6.88. The van der Waals surface area contributed by atoms with E-state index in [1.54, 1.807) is 18.3 Å². The molecule has 2 heterocycles. The molecule has 1 aromatic heterocycles. The number of halogens is 2. The molecule has 23 heavy (non-hydrogen) atoms. The predicted molar refractivity (Wildman–Crippen MR) is 82.9 cm³/mol. The lowest BCUT2D eigenvalue weighted by molar-refractivity contribution is 0.485. The zero-order chi connectivity index (χ0) is 16.4. The topological polar surface area (TPSA) is 62.3 Å². The third-order valence-electron chi connectivity index (χ3n) is 3.64. The Labute approximate surface area is 133 Å². The Kier molecular flexibility index (Phi) is 4.16. The van der Waals surface area contributed by atoms with Gasteiger partial charge >= 0.3 is 0 Å². The van der Waals surface area contributed by atoms with E-state index in [0.29, 0.717) is 5.82 Å². The first-order chi connectivity index (χ1) is 11.0. The van der Waals surface area contributed by atoms with Crippen LogP contribution in [0.3, 0.4) is 0 Å². The number of nitrogens with zero attached hydrogens (tertiary/aromatic N) is 2. The number of sulfonamides is 1. The predicted octanol–water partition coefficient (Wildman–Crippen LogP) is 2.76. The Hall–Kier alpha value is -2.22. The second kappa shape index (κ2) is 6.11. The number of rotatable bonds is 4. The molecule has 0 bridgehead atoms. The van der Waals surface area contributed by atoms with Gasteiger partial charge in [-0.2, -0.15) is 0 Å². The maximum Gasteiger partial charge on any atom is 0.265 e. The van der Waals surface area contributed by atoms with Crippen LogP contribution in [-0.4, -0.2) is 26.5 Å². The molecule has 1 aliphatic heterocycles. The first-order valence-electron chi connectivity index (χ1n) is 7.16. The van der Waals surface area contributed by atoms with Crippen molar-refractivity contribution in [3.05, 3.63) is 48.2 Å². The lowest BCUT2D eigenvalue weighted by Gasteiger charge is -2.20. The Morgan fingerprint density at radius 3 is 2.57 bits per heavy atom. The van der Waals surface area contributed by atoms with Crippen LogP contribution in [0.1, 0.15) is 12.8 Å². The molecule has 0 spiro atoms. The summed E-state index contributed by atoms with van der Waals surface area (Å²) in [5.74, 6) is -2.11. The molecule has 122 valence electrons. The van der Waals surface area contributed by atoms with Crippen LogP contribution >= 0.6 is 0 Å². The zero-order valence-electron chi connectivity index (χ0n) is 12.2. The van der Waals surface area contributed by atoms with Gasteiger partial charge in [-0.1, -0.05) is 6.07 Å². The van der Waals surface area contributed by atoms with Crippen LogP contribution in [0.4, 0.5) is 20.3 Å². The van der Waals surface area contributed by atoms with Gasteiger partial charge in [0, 0.05) is 19.3 Å². The molecule has 5 nitrogen and oxygen atoms in total. The summed E-state index contributed by atoms with van der Waals surface area (Å²) in [4.78, 5) is 5.44. The summed E-state index contributed by atoms with van der Waals surface area (Å²) in [6, 6.07) is 6.17. The van der Waals surface area contributed by atoms with E-state index in [1.807, 2.05) is 4.90 Å². The van der Waals surface area contributed by atoms with Crippen molar-refractivity contribution in [2.45, 2.75) is 17.7 Å². The van der Waals surface area contributed by atoms with E-state index in [0.717, 1.165) is 44.1 Å². The molecule has 8 heteroatoms. The molecule has 0 saturated carbocycles. The molecule has 0 aliphatic carbocycles. The normalized spacial score (nSPS) is 15.0. The monoisotopic (exact) mass is 339 g/mol. The fraction of sp³-hybridized carbons (Fsp3) is 0.267. The van der Waals surface area contributed by atoms with Crippen LogP contribution in [0.2, 0.25) is 0 Å². The van der Waals surface area contributed by atoms with Gasteiger partial charge in [0.05, 0.1) is 5.69 Å². The van der Waals surface area contributed by atoms with Crippen molar-refractivity contribution in [3.8, 4) is 0 Å². The van der Waals surface area contributed by atoms with Crippen LogP contribution in [0, 0.1) is 11.6 Å². The molecule has 0 atom stereocenters. The van der Waals surface area contributed by atoms with E-state index < -0.39 is 26.6 Å². The first-order valence-corrected chi connectivity index (χ1v) is 8.64. The minimum Gasteiger partial charge on any atom is -0.355 e. The van der Waals surface area contributed by atoms with Crippen molar-refractivity contribution in [1.82, 2.24) is 4.98 Å². The van der Waals surface area contributed by atoms with Crippen molar-refractivity contribution in [3.63, 3.8) is 0 Å². The summed E-state index contributed by atoms with van der Waals surface area (Å²) in [6.45, 7) is 1.56. The van der Waals surface area contributed by atoms with Crippen LogP contribution in [0.25, 0.3) is 0 Å². The van der Waals surface area contributed by atoms with Gasteiger partial charge in [0.25, 0.3) is 10.0 Å². The van der Waals surface area contributed by atoms with Gasteiger partial charge < -0.3 is 4.90 Å². The average molecular weight is 339 g/mol. The van der Waals surface area contributed by atoms with E-state index in [1.165, 1.54) is 0 Å². The highest BCUT2D eigenvalue weighted by molar-refractivity contribution is 7.92. The zero-order valence-corrected chi connectivity index (χ0v) is 13.0. The first kappa shape index (κ1) is 15.7. The third-order valence-corrected chi connectivity index (χ3v) is 5.03. The maximum atomic E-state index is 13.8. The number of nitrogens with one attached hydrogen (secondary N) is 1. The molecule has 0 radical (unpaired) electrons. The largest absolute Gasteiger partial charge is 0.355 e. The Morgan fingerprint density at radius 1 is 1.09 bits per heavy atom. The summed E-state index contributed by atoms with van der Waals surface area (Å²) in [7, 11) is -4.25. The highest BCUT2D eigenvalue weighted by Gasteiger charge is 2.24. The maximum absolute atomic E-state index is 13.8. The van der Waals surface area contributed by atoms with Crippen LogP contribution < -0.4 is 9.62 Å². The molecule has 1 fully saturated rings. The highest BCUT2D eigenvalue weighted by atomic mass is 32.2. The van der Waals surface area contributed by atoms with E-state index in [-0.39, 0.29) is 5.69 Å². The van der Waals surface area contributed by atoms with Gasteiger partial charge in [0.1, 0.15) is 4.90 Å². The summed E-state index contributed by atoms with van der Waals surface area (Å²) in [5.41, 5.74) is 0.248. The Bertz CT molecular complexity index is 821. The Morgan fingerprint density at radius 2 is 1.83 bits per heavy atom. The van der Waals surface area contributed by atoms with Crippen LogP contribution in [0.15, 0.2) is 41.4 Å². The van der Waals surface area contributed by atoms with E-state index >= 15 is 0 Å². The number of benzene rings is 1. The van der Waals surface area contributed by atoms with E-state index in [4.69, 9.17) is 0 Å². The molecule has 2 aromatic rings. The summed E-state index contributed by atoms with van der Waals surface area (Å²) in [6.07, 6.45) is 3.57. The molecule has 0 amide bonds. The van der Waals surface area contributed by atoms with Gasteiger partial charge in [0.15, 0.2) is 17.5 Å². The van der Waals surface area contributed by atoms with Gasteiger partial charge in [0.2, 0.25) is 0 Å². The average Bonchev–Trinajstić information content (AvgIpc) is 3.04. The summed E-state index contributed by atoms with van der Waals surface area (Å²) < 4.78 is 54.1. The minimum absolute atomic E-state index is 0.248. The van der Waals surface area contributed by atoms with E-state index in [2.05, 4.69) is 9.71 Å². The van der Waals surface area contributed by atoms with Crippen molar-refractivity contribution in [2.24, 2.45) is 0 Å². The van der Waals surface area contributed by atoms with Crippen molar-refractivity contribution < 1.29 is 17.2 Å². The van der Waals surface area contributed by atoms with E-state index in [9.17, 15) is 17.2 Å². The number of pyridine rings is 1. The fourth-order valence-corrected chi connectivity index (χ4v) is 3.70.